The number of benzene rings is 1. The Hall–Kier alpha value is -3.27. The number of carbonyl (C=O) groups excluding carboxylic acids is 3. The van der Waals surface area contributed by atoms with Crippen LogP contribution in [-0.2, 0) is 14.3 Å². The van der Waals surface area contributed by atoms with Crippen molar-refractivity contribution in [1.29, 1.82) is 0 Å². The molecule has 10 nitrogen and oxygen atoms in total. The summed E-state index contributed by atoms with van der Waals surface area (Å²) in [6.07, 6.45) is 1.34. The minimum absolute atomic E-state index is 0.0368. The van der Waals surface area contributed by atoms with Gasteiger partial charge in [-0.1, -0.05) is 12.1 Å². The third-order valence-corrected chi connectivity index (χ3v) is 4.01. The molecule has 2 fully saturated rings. The molecule has 1 aromatic carbocycles. The van der Waals surface area contributed by atoms with Gasteiger partial charge in [0.1, 0.15) is 12.2 Å². The van der Waals surface area contributed by atoms with E-state index in [1.807, 2.05) is 0 Å². The molecule has 2 heterocycles. The number of amides is 4. The summed E-state index contributed by atoms with van der Waals surface area (Å²) >= 11 is 0. The van der Waals surface area contributed by atoms with E-state index in [0.717, 1.165) is 4.90 Å². The van der Waals surface area contributed by atoms with Crippen LogP contribution in [0.5, 0.6) is 0 Å². The van der Waals surface area contributed by atoms with Gasteiger partial charge in [-0.15, -0.1) is 0 Å². The Bertz CT molecular complexity index is 800. The largest absolute Gasteiger partial charge is 0.378 e. The third-order valence-electron chi connectivity index (χ3n) is 4.01. The lowest BCUT2D eigenvalue weighted by molar-refractivity contribution is -0.384. The smallest absolute Gasteiger partial charge is 0.329 e. The number of carbonyl (C=O) groups is 3. The van der Waals surface area contributed by atoms with E-state index in [4.69, 9.17) is 4.74 Å². The number of nitrogens with one attached hydrogen (secondary N) is 1. The molecule has 136 valence electrons. The van der Waals surface area contributed by atoms with Crippen LogP contribution < -0.4 is 5.32 Å². The van der Waals surface area contributed by atoms with Crippen LogP contribution in [0.4, 0.5) is 10.5 Å². The van der Waals surface area contributed by atoms with Crippen molar-refractivity contribution < 1.29 is 24.0 Å². The Morgan fingerprint density at radius 1 is 1.31 bits per heavy atom. The van der Waals surface area contributed by atoms with Gasteiger partial charge in [0, 0.05) is 25.2 Å². The fourth-order valence-electron chi connectivity index (χ4n) is 2.66. The first-order chi connectivity index (χ1) is 12.5. The van der Waals surface area contributed by atoms with Crippen molar-refractivity contribution >= 4 is 29.6 Å². The van der Waals surface area contributed by atoms with Crippen LogP contribution in [0.1, 0.15) is 5.56 Å². The van der Waals surface area contributed by atoms with Crippen molar-refractivity contribution in [2.45, 2.75) is 0 Å². The first kappa shape index (κ1) is 17.5. The number of nitrogens with zero attached hydrogens (tertiary/aromatic N) is 3. The standard InChI is InChI=1S/C16H16N4O6/c21-14(18-4-6-26-7-5-18)10-19-15(22)13(17-16(19)23)9-11-2-1-3-12(8-11)20(24)25/h1-3,8-9H,4-7,10H2,(H,17,23)/b13-9-. The number of nitro benzene ring substituents is 1. The highest BCUT2D eigenvalue weighted by molar-refractivity contribution is 6.15. The second-order valence-electron chi connectivity index (χ2n) is 5.72. The van der Waals surface area contributed by atoms with E-state index in [1.54, 1.807) is 6.07 Å². The molecule has 0 radical (unpaired) electrons. The van der Waals surface area contributed by atoms with Gasteiger partial charge in [-0.2, -0.15) is 0 Å². The first-order valence-corrected chi connectivity index (χ1v) is 7.90. The molecule has 0 aromatic heterocycles. The van der Waals surface area contributed by atoms with Crippen molar-refractivity contribution in [3.05, 3.63) is 45.6 Å². The topological polar surface area (TPSA) is 122 Å². The van der Waals surface area contributed by atoms with Crippen molar-refractivity contribution in [3.63, 3.8) is 0 Å². The number of imide groups is 1. The molecule has 2 saturated heterocycles. The van der Waals surface area contributed by atoms with E-state index in [2.05, 4.69) is 5.32 Å². The Morgan fingerprint density at radius 3 is 2.73 bits per heavy atom. The molecule has 0 aliphatic carbocycles. The van der Waals surface area contributed by atoms with Gasteiger partial charge in [-0.25, -0.2) is 9.69 Å². The van der Waals surface area contributed by atoms with Crippen molar-refractivity contribution in [3.8, 4) is 0 Å². The van der Waals surface area contributed by atoms with E-state index in [-0.39, 0.29) is 23.8 Å². The maximum atomic E-state index is 12.4. The lowest BCUT2D eigenvalue weighted by Crippen LogP contribution is -2.47. The Balaban J connectivity index is 1.73. The lowest BCUT2D eigenvalue weighted by atomic mass is 10.1. The molecule has 0 saturated carbocycles. The van der Waals surface area contributed by atoms with E-state index >= 15 is 0 Å². The van der Waals surface area contributed by atoms with Crippen LogP contribution in [0.3, 0.4) is 0 Å². The normalized spacial score (nSPS) is 19.0. The quantitative estimate of drug-likeness (QED) is 0.358. The summed E-state index contributed by atoms with van der Waals surface area (Å²) in [6.45, 7) is 1.31. The number of non-ortho nitro benzene ring substituents is 1. The van der Waals surface area contributed by atoms with E-state index < -0.39 is 16.9 Å². The molecule has 2 aliphatic rings. The zero-order valence-corrected chi connectivity index (χ0v) is 13.7. The molecule has 0 spiro atoms. The molecule has 4 amide bonds. The number of hydrogen-bond donors (Lipinski definition) is 1. The minimum atomic E-state index is -0.701. The van der Waals surface area contributed by atoms with Crippen molar-refractivity contribution in [1.82, 2.24) is 15.1 Å². The maximum Gasteiger partial charge on any atom is 0.329 e. The van der Waals surface area contributed by atoms with Gasteiger partial charge in [0.05, 0.1) is 18.1 Å². The number of nitro groups is 1. The fourth-order valence-corrected chi connectivity index (χ4v) is 2.66. The van der Waals surface area contributed by atoms with Gasteiger partial charge in [-0.05, 0) is 11.6 Å². The Labute approximate surface area is 148 Å². The van der Waals surface area contributed by atoms with E-state index in [0.29, 0.717) is 31.9 Å². The molecule has 0 atom stereocenters. The molecule has 10 heteroatoms. The molecular formula is C16H16N4O6. The molecule has 1 aromatic rings. The number of hydrogen-bond acceptors (Lipinski definition) is 6. The summed E-state index contributed by atoms with van der Waals surface area (Å²) in [6, 6.07) is 4.96. The van der Waals surface area contributed by atoms with Crippen LogP contribution in [0.15, 0.2) is 30.0 Å². The van der Waals surface area contributed by atoms with Gasteiger partial charge in [0.2, 0.25) is 5.91 Å². The van der Waals surface area contributed by atoms with Crippen LogP contribution in [0.25, 0.3) is 6.08 Å². The summed E-state index contributed by atoms with van der Waals surface area (Å²) in [5, 5.41) is 13.2. The molecule has 0 unspecified atom stereocenters. The van der Waals surface area contributed by atoms with Crippen LogP contribution in [0, 0.1) is 10.1 Å². The highest BCUT2D eigenvalue weighted by atomic mass is 16.6. The average Bonchev–Trinajstić information content (AvgIpc) is 2.90. The molecule has 1 N–H and O–H groups in total. The van der Waals surface area contributed by atoms with Crippen LogP contribution >= 0.6 is 0 Å². The molecule has 0 bridgehead atoms. The minimum Gasteiger partial charge on any atom is -0.378 e. The fraction of sp³-hybridized carbons (Fsp3) is 0.312. The number of ether oxygens (including phenoxy) is 1. The second kappa shape index (κ2) is 7.31. The van der Waals surface area contributed by atoms with Gasteiger partial charge in [-0.3, -0.25) is 19.7 Å². The molecular weight excluding hydrogens is 344 g/mol. The van der Waals surface area contributed by atoms with E-state index in [1.165, 1.54) is 29.2 Å². The van der Waals surface area contributed by atoms with Crippen molar-refractivity contribution in [2.24, 2.45) is 0 Å². The maximum absolute atomic E-state index is 12.4. The van der Waals surface area contributed by atoms with Crippen LogP contribution in [0.2, 0.25) is 0 Å². The van der Waals surface area contributed by atoms with Gasteiger partial charge >= 0.3 is 6.03 Å². The summed E-state index contributed by atoms with van der Waals surface area (Å²) in [4.78, 5) is 49.3. The predicted octanol–water partition coefficient (Wildman–Crippen LogP) is 0.346. The SMILES string of the molecule is O=C(CN1C(=O)N/C(=C\c2cccc([N+](=O)[O-])c2)C1=O)N1CCOCC1. The highest BCUT2D eigenvalue weighted by Crippen LogP contribution is 2.18. The number of morpholine rings is 1. The summed E-state index contributed by atoms with van der Waals surface area (Å²) < 4.78 is 5.16. The second-order valence-corrected chi connectivity index (χ2v) is 5.72. The molecule has 3 rings (SSSR count). The summed E-state index contributed by atoms with van der Waals surface area (Å²) in [5.74, 6) is -0.989. The van der Waals surface area contributed by atoms with Crippen LogP contribution in [-0.4, -0.2) is 65.4 Å². The zero-order chi connectivity index (χ0) is 18.7. The third kappa shape index (κ3) is 3.70. The Morgan fingerprint density at radius 2 is 2.04 bits per heavy atom. The number of urea groups is 1. The molecule has 2 aliphatic heterocycles. The highest BCUT2D eigenvalue weighted by Gasteiger charge is 2.36. The Kier molecular flexibility index (Phi) is 4.94. The van der Waals surface area contributed by atoms with Crippen molar-refractivity contribution in [2.75, 3.05) is 32.8 Å². The van der Waals surface area contributed by atoms with E-state index in [9.17, 15) is 24.5 Å². The average molecular weight is 360 g/mol. The van der Waals surface area contributed by atoms with Gasteiger partial charge in [0.15, 0.2) is 0 Å². The monoisotopic (exact) mass is 360 g/mol. The molecule has 26 heavy (non-hydrogen) atoms. The first-order valence-electron chi connectivity index (χ1n) is 7.90. The van der Waals surface area contributed by atoms with Gasteiger partial charge in [0.25, 0.3) is 11.6 Å². The lowest BCUT2D eigenvalue weighted by Gasteiger charge is -2.27. The number of rotatable bonds is 4. The van der Waals surface area contributed by atoms with Gasteiger partial charge < -0.3 is 15.0 Å². The summed E-state index contributed by atoms with van der Waals surface area (Å²) in [7, 11) is 0. The predicted molar refractivity (Wildman–Crippen MR) is 88.7 cm³/mol. The zero-order valence-electron chi connectivity index (χ0n) is 13.7. The summed E-state index contributed by atoms with van der Waals surface area (Å²) in [5.41, 5.74) is 0.227.